The van der Waals surface area contributed by atoms with Crippen molar-refractivity contribution < 1.29 is 4.65 Å². The number of hydroxylamine groups is 3. The van der Waals surface area contributed by atoms with Gasteiger partial charge in [0.1, 0.15) is 35.8 Å². The van der Waals surface area contributed by atoms with Crippen molar-refractivity contribution in [2.75, 3.05) is 29.9 Å². The average molecular weight is 400 g/mol. The van der Waals surface area contributed by atoms with Gasteiger partial charge >= 0.3 is 0 Å². The molecule has 0 amide bonds. The molecule has 1 N–H and O–H groups in total. The van der Waals surface area contributed by atoms with Gasteiger partial charge in [0.25, 0.3) is 0 Å². The topological polar surface area (TPSA) is 101 Å². The fourth-order valence-electron chi connectivity index (χ4n) is 4.14. The number of halogens is 1. The SMILES string of the molecule is CCNc1ncc2c(n1)N1CCC[C@H]1C[N+]([O-])(Cc1ccc(C#N)nc1Cl)C2. The van der Waals surface area contributed by atoms with Gasteiger partial charge in [0.05, 0.1) is 18.2 Å². The summed E-state index contributed by atoms with van der Waals surface area (Å²) in [6.45, 7) is 4.60. The van der Waals surface area contributed by atoms with Crippen LogP contribution in [0.3, 0.4) is 0 Å². The average Bonchev–Trinajstić information content (AvgIpc) is 3.08. The first-order valence-corrected chi connectivity index (χ1v) is 9.88. The molecule has 0 bridgehead atoms. The van der Waals surface area contributed by atoms with E-state index in [2.05, 4.69) is 20.2 Å². The fraction of sp³-hybridized carbons (Fsp3) is 0.474. The lowest BCUT2D eigenvalue weighted by atomic mass is 10.1. The summed E-state index contributed by atoms with van der Waals surface area (Å²) in [5, 5.41) is 26.2. The minimum atomic E-state index is -0.439. The Balaban J connectivity index is 1.68. The number of pyridine rings is 1. The molecule has 2 aliphatic heterocycles. The van der Waals surface area contributed by atoms with Gasteiger partial charge in [-0.3, -0.25) is 0 Å². The molecule has 4 heterocycles. The molecular weight excluding hydrogens is 378 g/mol. The number of quaternary nitrogens is 1. The monoisotopic (exact) mass is 399 g/mol. The minimum Gasteiger partial charge on any atom is -0.632 e. The summed E-state index contributed by atoms with van der Waals surface area (Å²) >= 11 is 6.24. The first-order chi connectivity index (χ1) is 13.5. The van der Waals surface area contributed by atoms with Crippen LogP contribution in [0.15, 0.2) is 18.3 Å². The number of nitrogens with one attached hydrogen (secondary N) is 1. The summed E-state index contributed by atoms with van der Waals surface area (Å²) in [7, 11) is 0. The molecule has 9 heteroatoms. The first kappa shape index (κ1) is 18.9. The molecule has 2 aromatic heterocycles. The van der Waals surface area contributed by atoms with Crippen molar-refractivity contribution in [1.29, 1.82) is 5.26 Å². The Morgan fingerprint density at radius 2 is 2.29 bits per heavy atom. The number of anilines is 2. The van der Waals surface area contributed by atoms with E-state index in [1.54, 1.807) is 18.3 Å². The second kappa shape index (κ2) is 7.51. The number of hydrogen-bond donors (Lipinski definition) is 1. The summed E-state index contributed by atoms with van der Waals surface area (Å²) < 4.78 is -0.439. The van der Waals surface area contributed by atoms with Crippen LogP contribution < -0.4 is 10.2 Å². The third-order valence-corrected chi connectivity index (χ3v) is 5.65. The summed E-state index contributed by atoms with van der Waals surface area (Å²) in [5.74, 6) is 1.46. The van der Waals surface area contributed by atoms with E-state index in [4.69, 9.17) is 21.8 Å². The number of fused-ring (bicyclic) bond motifs is 3. The molecule has 1 saturated heterocycles. The first-order valence-electron chi connectivity index (χ1n) is 9.50. The molecule has 8 nitrogen and oxygen atoms in total. The lowest BCUT2D eigenvalue weighted by Crippen LogP contribution is -2.47. The molecule has 2 aromatic rings. The van der Waals surface area contributed by atoms with Gasteiger partial charge < -0.3 is 20.1 Å². The molecule has 0 saturated carbocycles. The van der Waals surface area contributed by atoms with E-state index in [0.29, 0.717) is 18.1 Å². The highest BCUT2D eigenvalue weighted by Crippen LogP contribution is 2.36. The Labute approximate surface area is 169 Å². The van der Waals surface area contributed by atoms with Crippen LogP contribution in [0, 0.1) is 16.5 Å². The number of nitrogens with zero attached hydrogens (tertiary/aromatic N) is 6. The maximum atomic E-state index is 13.8. The molecule has 4 rings (SSSR count). The Bertz CT molecular complexity index is 931. The van der Waals surface area contributed by atoms with E-state index in [-0.39, 0.29) is 30.0 Å². The molecule has 2 atom stereocenters. The highest BCUT2D eigenvalue weighted by molar-refractivity contribution is 6.30. The minimum absolute atomic E-state index is 0.147. The van der Waals surface area contributed by atoms with Gasteiger partial charge in [-0.1, -0.05) is 11.6 Å². The third kappa shape index (κ3) is 3.61. The molecular formula is C19H22ClN7O. The van der Waals surface area contributed by atoms with E-state index in [9.17, 15) is 5.21 Å². The van der Waals surface area contributed by atoms with Crippen LogP contribution in [0.4, 0.5) is 11.8 Å². The largest absolute Gasteiger partial charge is 0.632 e. The van der Waals surface area contributed by atoms with Crippen LogP contribution in [0.25, 0.3) is 0 Å². The van der Waals surface area contributed by atoms with Crippen LogP contribution >= 0.6 is 11.6 Å². The lowest BCUT2D eigenvalue weighted by molar-refractivity contribution is -0.907. The van der Waals surface area contributed by atoms with E-state index < -0.39 is 4.65 Å². The van der Waals surface area contributed by atoms with Gasteiger partial charge in [0, 0.05) is 24.8 Å². The number of nitriles is 1. The van der Waals surface area contributed by atoms with Crippen LogP contribution in [0.2, 0.25) is 5.15 Å². The molecule has 0 aliphatic carbocycles. The predicted molar refractivity (Wildman–Crippen MR) is 106 cm³/mol. The molecule has 0 aromatic carbocycles. The van der Waals surface area contributed by atoms with Crippen molar-refractivity contribution in [3.8, 4) is 6.07 Å². The smallest absolute Gasteiger partial charge is 0.224 e. The van der Waals surface area contributed by atoms with Crippen LogP contribution in [0.5, 0.6) is 0 Å². The normalized spacial score (nSPS) is 23.5. The number of aromatic nitrogens is 3. The van der Waals surface area contributed by atoms with Crippen molar-refractivity contribution in [2.24, 2.45) is 0 Å². The lowest BCUT2D eigenvalue weighted by Gasteiger charge is -2.43. The van der Waals surface area contributed by atoms with Gasteiger partial charge in [0.2, 0.25) is 5.95 Å². The van der Waals surface area contributed by atoms with Gasteiger partial charge in [0.15, 0.2) is 0 Å². The standard InChI is InChI=1S/C19H22ClN7O/c1-2-22-19-23-9-14-11-27(28,10-13-5-6-15(8-21)24-17(13)20)12-16-4-3-7-26(16)18(14)25-19/h5-6,9,16H,2-4,7,10-12H2,1H3,(H,22,23,25)/t16-,27?/m0/s1. The zero-order valence-electron chi connectivity index (χ0n) is 15.7. The summed E-state index contributed by atoms with van der Waals surface area (Å²) in [4.78, 5) is 15.4. The predicted octanol–water partition coefficient (Wildman–Crippen LogP) is 2.83. The molecule has 1 unspecified atom stereocenters. The van der Waals surface area contributed by atoms with Crippen LogP contribution in [-0.4, -0.2) is 45.3 Å². The van der Waals surface area contributed by atoms with Gasteiger partial charge in [-0.05, 0) is 31.9 Å². The summed E-state index contributed by atoms with van der Waals surface area (Å²) in [6, 6.07) is 5.45. The van der Waals surface area contributed by atoms with Gasteiger partial charge in [-0.2, -0.15) is 10.2 Å². The Morgan fingerprint density at radius 1 is 1.43 bits per heavy atom. The molecule has 2 aliphatic rings. The molecule has 146 valence electrons. The van der Waals surface area contributed by atoms with Gasteiger partial charge in [-0.25, -0.2) is 9.97 Å². The van der Waals surface area contributed by atoms with E-state index in [1.165, 1.54) is 0 Å². The second-order valence-corrected chi connectivity index (χ2v) is 7.74. The van der Waals surface area contributed by atoms with Gasteiger partial charge in [-0.15, -0.1) is 0 Å². The maximum Gasteiger partial charge on any atom is 0.224 e. The molecule has 0 radical (unpaired) electrons. The van der Waals surface area contributed by atoms with E-state index in [0.717, 1.165) is 37.3 Å². The summed E-state index contributed by atoms with van der Waals surface area (Å²) in [6.07, 6.45) is 3.79. The number of hydrogen-bond acceptors (Lipinski definition) is 7. The third-order valence-electron chi connectivity index (χ3n) is 5.33. The van der Waals surface area contributed by atoms with Crippen molar-refractivity contribution in [2.45, 2.75) is 38.9 Å². The maximum absolute atomic E-state index is 13.8. The van der Waals surface area contributed by atoms with E-state index in [1.807, 2.05) is 13.0 Å². The Hall–Kier alpha value is -2.47. The zero-order chi connectivity index (χ0) is 19.7. The molecule has 1 fully saturated rings. The van der Waals surface area contributed by atoms with Crippen molar-refractivity contribution in [3.05, 3.63) is 45.5 Å². The fourth-order valence-corrected chi connectivity index (χ4v) is 4.35. The quantitative estimate of drug-likeness (QED) is 0.479. The zero-order valence-corrected chi connectivity index (χ0v) is 16.5. The summed E-state index contributed by atoms with van der Waals surface area (Å²) in [5.41, 5.74) is 1.77. The van der Waals surface area contributed by atoms with E-state index >= 15 is 0 Å². The number of rotatable bonds is 4. The molecule has 28 heavy (non-hydrogen) atoms. The Kier molecular flexibility index (Phi) is 5.06. The van der Waals surface area contributed by atoms with Crippen molar-refractivity contribution in [3.63, 3.8) is 0 Å². The highest BCUT2D eigenvalue weighted by Gasteiger charge is 2.38. The van der Waals surface area contributed by atoms with Crippen molar-refractivity contribution in [1.82, 2.24) is 15.0 Å². The van der Waals surface area contributed by atoms with Crippen molar-refractivity contribution >= 4 is 23.4 Å². The Morgan fingerprint density at radius 3 is 3.04 bits per heavy atom. The molecule has 0 spiro atoms. The second-order valence-electron chi connectivity index (χ2n) is 7.38. The van der Waals surface area contributed by atoms with Crippen LogP contribution in [0.1, 0.15) is 36.6 Å². The highest BCUT2D eigenvalue weighted by atomic mass is 35.5. The van der Waals surface area contributed by atoms with Crippen LogP contribution in [-0.2, 0) is 13.1 Å².